The average molecular weight is 157 g/mol. The predicted octanol–water partition coefficient (Wildman–Crippen LogP) is -1.77. The second kappa shape index (κ2) is 3.16. The van der Waals surface area contributed by atoms with Gasteiger partial charge in [0, 0.05) is 0 Å². The zero-order chi connectivity index (χ0) is 9.07. The Morgan fingerprint density at radius 3 is 2.00 bits per heavy atom. The van der Waals surface area contributed by atoms with Crippen molar-refractivity contribution in [3.8, 4) is 0 Å². The van der Waals surface area contributed by atoms with Crippen molar-refractivity contribution in [2.24, 2.45) is 17.2 Å². The van der Waals surface area contributed by atoms with Crippen LogP contribution < -0.4 is 17.2 Å². The molecule has 0 rings (SSSR count). The van der Waals surface area contributed by atoms with Gasteiger partial charge in [0.15, 0.2) is 0 Å². The van der Waals surface area contributed by atoms with Gasteiger partial charge < -0.3 is 17.2 Å². The van der Waals surface area contributed by atoms with E-state index in [1.54, 1.807) is 0 Å². The van der Waals surface area contributed by atoms with Crippen molar-refractivity contribution in [3.05, 3.63) is 12.7 Å². The summed E-state index contributed by atoms with van der Waals surface area (Å²) in [5, 5.41) is 0. The SMILES string of the molecule is C=CC(N)(CC(N)=O)C(N)=O. The van der Waals surface area contributed by atoms with E-state index in [1.165, 1.54) is 0 Å². The summed E-state index contributed by atoms with van der Waals surface area (Å²) in [6.45, 7) is 3.27. The number of rotatable bonds is 4. The number of primary amides is 2. The fourth-order valence-electron chi connectivity index (χ4n) is 0.548. The van der Waals surface area contributed by atoms with Crippen LogP contribution in [0.25, 0.3) is 0 Å². The molecule has 0 aliphatic heterocycles. The Hall–Kier alpha value is -1.36. The molecule has 0 saturated heterocycles. The van der Waals surface area contributed by atoms with Crippen LogP contribution in [0.3, 0.4) is 0 Å². The minimum absolute atomic E-state index is 0.314. The lowest BCUT2D eigenvalue weighted by atomic mass is 9.96. The van der Waals surface area contributed by atoms with Gasteiger partial charge in [0.05, 0.1) is 6.42 Å². The maximum Gasteiger partial charge on any atom is 0.242 e. The lowest BCUT2D eigenvalue weighted by Gasteiger charge is -2.18. The summed E-state index contributed by atoms with van der Waals surface area (Å²) in [6, 6.07) is 0. The minimum Gasteiger partial charge on any atom is -0.370 e. The van der Waals surface area contributed by atoms with Gasteiger partial charge in [-0.2, -0.15) is 0 Å². The fraction of sp³-hybridized carbons (Fsp3) is 0.333. The molecule has 5 heteroatoms. The molecule has 0 heterocycles. The smallest absolute Gasteiger partial charge is 0.242 e. The highest BCUT2D eigenvalue weighted by atomic mass is 16.2. The Balaban J connectivity index is 4.47. The van der Waals surface area contributed by atoms with Crippen LogP contribution in [0.1, 0.15) is 6.42 Å². The minimum atomic E-state index is -1.51. The highest BCUT2D eigenvalue weighted by molar-refractivity contribution is 5.92. The second-order valence-electron chi connectivity index (χ2n) is 2.25. The van der Waals surface area contributed by atoms with Crippen molar-refractivity contribution in [1.29, 1.82) is 0 Å². The molecule has 0 radical (unpaired) electrons. The van der Waals surface area contributed by atoms with E-state index in [4.69, 9.17) is 17.2 Å². The lowest BCUT2D eigenvalue weighted by Crippen LogP contribution is -2.52. The van der Waals surface area contributed by atoms with E-state index in [0.717, 1.165) is 6.08 Å². The van der Waals surface area contributed by atoms with Crippen LogP contribution >= 0.6 is 0 Å². The van der Waals surface area contributed by atoms with Crippen LogP contribution in [-0.2, 0) is 9.59 Å². The number of nitrogens with two attached hydrogens (primary N) is 3. The van der Waals surface area contributed by atoms with Crippen molar-refractivity contribution in [2.75, 3.05) is 0 Å². The van der Waals surface area contributed by atoms with Gasteiger partial charge in [-0.15, -0.1) is 6.58 Å². The largest absolute Gasteiger partial charge is 0.370 e. The standard InChI is InChI=1S/C6H11N3O2/c1-2-6(9,5(8)11)3-4(7)10/h2H,1,3,9H2,(H2,7,10)(H2,8,11). The number of carbonyl (C=O) groups is 2. The van der Waals surface area contributed by atoms with Gasteiger partial charge in [-0.1, -0.05) is 6.08 Å². The van der Waals surface area contributed by atoms with Crippen molar-refractivity contribution >= 4 is 11.8 Å². The molecule has 0 aromatic carbocycles. The van der Waals surface area contributed by atoms with Gasteiger partial charge in [0.1, 0.15) is 5.54 Å². The van der Waals surface area contributed by atoms with Gasteiger partial charge >= 0.3 is 0 Å². The summed E-state index contributed by atoms with van der Waals surface area (Å²) < 4.78 is 0. The average Bonchev–Trinajstić information content (AvgIpc) is 1.86. The molecular formula is C6H11N3O2. The molecule has 62 valence electrons. The van der Waals surface area contributed by atoms with Gasteiger partial charge in [0.2, 0.25) is 11.8 Å². The third-order valence-electron chi connectivity index (χ3n) is 1.29. The Kier molecular flexibility index (Phi) is 2.77. The Labute approximate surface area is 64.2 Å². The Morgan fingerprint density at radius 1 is 1.45 bits per heavy atom. The van der Waals surface area contributed by atoms with E-state index in [-0.39, 0.29) is 6.42 Å². The normalized spacial score (nSPS) is 15.0. The molecule has 1 atom stereocenters. The molecular weight excluding hydrogens is 146 g/mol. The van der Waals surface area contributed by atoms with Crippen LogP contribution in [0, 0.1) is 0 Å². The number of amides is 2. The topological polar surface area (TPSA) is 112 Å². The highest BCUT2D eigenvalue weighted by Crippen LogP contribution is 2.05. The molecule has 6 N–H and O–H groups in total. The maximum absolute atomic E-state index is 10.6. The third kappa shape index (κ3) is 2.38. The van der Waals surface area contributed by atoms with E-state index < -0.39 is 17.4 Å². The van der Waals surface area contributed by atoms with Crippen molar-refractivity contribution in [3.63, 3.8) is 0 Å². The quantitative estimate of drug-likeness (QED) is 0.420. The molecule has 0 aliphatic rings. The molecule has 11 heavy (non-hydrogen) atoms. The van der Waals surface area contributed by atoms with Crippen LogP contribution in [-0.4, -0.2) is 17.4 Å². The molecule has 1 unspecified atom stereocenters. The van der Waals surface area contributed by atoms with Crippen molar-refractivity contribution < 1.29 is 9.59 Å². The van der Waals surface area contributed by atoms with Gasteiger partial charge in [-0.3, -0.25) is 9.59 Å². The molecule has 0 aromatic heterocycles. The van der Waals surface area contributed by atoms with Crippen LogP contribution in [0.5, 0.6) is 0 Å². The van der Waals surface area contributed by atoms with E-state index in [2.05, 4.69) is 6.58 Å². The summed E-state index contributed by atoms with van der Waals surface area (Å²) in [5.41, 5.74) is 13.5. The molecule has 0 aliphatic carbocycles. The predicted molar refractivity (Wildman–Crippen MR) is 40.1 cm³/mol. The fourth-order valence-corrected chi connectivity index (χ4v) is 0.548. The first kappa shape index (κ1) is 9.64. The summed E-state index contributed by atoms with van der Waals surface area (Å²) in [5.74, 6) is -1.50. The van der Waals surface area contributed by atoms with Gasteiger partial charge in [0.25, 0.3) is 0 Å². The van der Waals surface area contributed by atoms with Crippen LogP contribution in [0.4, 0.5) is 0 Å². The molecule has 0 aromatic rings. The molecule has 0 saturated carbocycles. The van der Waals surface area contributed by atoms with E-state index in [1.807, 2.05) is 0 Å². The molecule has 5 nitrogen and oxygen atoms in total. The van der Waals surface area contributed by atoms with Crippen LogP contribution in [0.15, 0.2) is 12.7 Å². The van der Waals surface area contributed by atoms with Crippen molar-refractivity contribution in [1.82, 2.24) is 0 Å². The third-order valence-corrected chi connectivity index (χ3v) is 1.29. The van der Waals surface area contributed by atoms with Crippen molar-refractivity contribution in [2.45, 2.75) is 12.0 Å². The van der Waals surface area contributed by atoms with Crippen LogP contribution in [0.2, 0.25) is 0 Å². The monoisotopic (exact) mass is 157 g/mol. The Morgan fingerprint density at radius 2 is 1.91 bits per heavy atom. The zero-order valence-electron chi connectivity index (χ0n) is 6.04. The molecule has 0 fully saturated rings. The summed E-state index contributed by atoms with van der Waals surface area (Å²) in [4.78, 5) is 21.0. The summed E-state index contributed by atoms with van der Waals surface area (Å²) >= 11 is 0. The highest BCUT2D eigenvalue weighted by Gasteiger charge is 2.29. The molecule has 0 bridgehead atoms. The van der Waals surface area contributed by atoms with Gasteiger partial charge in [-0.25, -0.2) is 0 Å². The number of hydrogen-bond donors (Lipinski definition) is 3. The lowest BCUT2D eigenvalue weighted by molar-refractivity contribution is -0.126. The molecule has 0 spiro atoms. The van der Waals surface area contributed by atoms with E-state index in [9.17, 15) is 9.59 Å². The van der Waals surface area contributed by atoms with E-state index >= 15 is 0 Å². The first-order valence-electron chi connectivity index (χ1n) is 2.93. The summed E-state index contributed by atoms with van der Waals surface area (Å²) in [7, 11) is 0. The second-order valence-corrected chi connectivity index (χ2v) is 2.25. The molecule has 2 amide bonds. The maximum atomic E-state index is 10.6. The number of carbonyl (C=O) groups excluding carboxylic acids is 2. The summed E-state index contributed by atoms with van der Waals surface area (Å²) in [6.07, 6.45) is 0.798. The number of hydrogen-bond acceptors (Lipinski definition) is 3. The first-order chi connectivity index (χ1) is 4.92. The Bertz CT molecular complexity index is 202. The van der Waals surface area contributed by atoms with E-state index in [0.29, 0.717) is 0 Å². The van der Waals surface area contributed by atoms with Gasteiger partial charge in [-0.05, 0) is 0 Å². The first-order valence-corrected chi connectivity index (χ1v) is 2.93. The zero-order valence-corrected chi connectivity index (χ0v) is 6.04.